The van der Waals surface area contributed by atoms with Crippen molar-refractivity contribution in [1.82, 2.24) is 4.90 Å². The molecule has 0 aliphatic carbocycles. The molecule has 2 N–H and O–H groups in total. The lowest BCUT2D eigenvalue weighted by Crippen LogP contribution is -2.41. The van der Waals surface area contributed by atoms with Crippen molar-refractivity contribution >= 4 is 6.09 Å². The van der Waals surface area contributed by atoms with Crippen LogP contribution >= 0.6 is 0 Å². The number of aliphatic hydroxyl groups is 2. The molecule has 1 amide bonds. The van der Waals surface area contributed by atoms with Crippen LogP contribution in [0.4, 0.5) is 4.79 Å². The van der Waals surface area contributed by atoms with Crippen molar-refractivity contribution in [3.05, 3.63) is 0 Å². The zero-order chi connectivity index (χ0) is 11.6. The fourth-order valence-corrected chi connectivity index (χ4v) is 1.61. The SMILES string of the molecule is CC(C)(C)OC(=O)N1C[C@@H](O)C[C@@H]1CO. The molecule has 0 aromatic rings. The van der Waals surface area contributed by atoms with Gasteiger partial charge in [0.1, 0.15) is 5.60 Å². The van der Waals surface area contributed by atoms with E-state index in [-0.39, 0.29) is 19.2 Å². The van der Waals surface area contributed by atoms with Crippen molar-refractivity contribution in [2.75, 3.05) is 13.2 Å². The summed E-state index contributed by atoms with van der Waals surface area (Å²) in [5.41, 5.74) is -0.551. The highest BCUT2D eigenvalue weighted by molar-refractivity contribution is 5.69. The molecular weight excluding hydrogens is 198 g/mol. The van der Waals surface area contributed by atoms with Crippen molar-refractivity contribution in [3.8, 4) is 0 Å². The van der Waals surface area contributed by atoms with Gasteiger partial charge >= 0.3 is 6.09 Å². The average Bonchev–Trinajstić information content (AvgIpc) is 2.43. The van der Waals surface area contributed by atoms with Crippen LogP contribution in [0.3, 0.4) is 0 Å². The summed E-state index contributed by atoms with van der Waals surface area (Å²) >= 11 is 0. The van der Waals surface area contributed by atoms with Crippen LogP contribution in [0.2, 0.25) is 0 Å². The van der Waals surface area contributed by atoms with Gasteiger partial charge in [-0.2, -0.15) is 0 Å². The predicted octanol–water partition coefficient (Wildman–Crippen LogP) is 0.349. The first-order chi connectivity index (χ1) is 6.83. The lowest BCUT2D eigenvalue weighted by Gasteiger charge is -2.27. The average molecular weight is 217 g/mol. The summed E-state index contributed by atoms with van der Waals surface area (Å²) in [7, 11) is 0. The van der Waals surface area contributed by atoms with Crippen molar-refractivity contribution in [1.29, 1.82) is 0 Å². The third-order valence-corrected chi connectivity index (χ3v) is 2.23. The molecule has 5 nitrogen and oxygen atoms in total. The molecule has 0 radical (unpaired) electrons. The molecule has 88 valence electrons. The number of amides is 1. The Hall–Kier alpha value is -0.810. The summed E-state index contributed by atoms with van der Waals surface area (Å²) < 4.78 is 5.17. The van der Waals surface area contributed by atoms with Crippen molar-refractivity contribution < 1.29 is 19.7 Å². The van der Waals surface area contributed by atoms with Gasteiger partial charge in [-0.1, -0.05) is 0 Å². The van der Waals surface area contributed by atoms with Gasteiger partial charge in [0.25, 0.3) is 0 Å². The Balaban J connectivity index is 2.59. The molecule has 0 unspecified atom stereocenters. The fourth-order valence-electron chi connectivity index (χ4n) is 1.61. The largest absolute Gasteiger partial charge is 0.444 e. The highest BCUT2D eigenvalue weighted by Gasteiger charge is 2.36. The number of rotatable bonds is 1. The molecule has 1 aliphatic rings. The molecule has 1 heterocycles. The van der Waals surface area contributed by atoms with E-state index in [0.29, 0.717) is 6.42 Å². The zero-order valence-electron chi connectivity index (χ0n) is 9.43. The van der Waals surface area contributed by atoms with Crippen LogP contribution in [0, 0.1) is 0 Å². The lowest BCUT2D eigenvalue weighted by atomic mass is 10.2. The number of carbonyl (C=O) groups is 1. The van der Waals surface area contributed by atoms with Gasteiger partial charge in [0, 0.05) is 0 Å². The summed E-state index contributed by atoms with van der Waals surface area (Å²) in [5, 5.41) is 18.4. The van der Waals surface area contributed by atoms with E-state index in [0.717, 1.165) is 0 Å². The van der Waals surface area contributed by atoms with Gasteiger partial charge in [-0.3, -0.25) is 0 Å². The van der Waals surface area contributed by atoms with E-state index in [1.54, 1.807) is 20.8 Å². The van der Waals surface area contributed by atoms with E-state index in [9.17, 15) is 9.90 Å². The maximum atomic E-state index is 11.7. The van der Waals surface area contributed by atoms with E-state index in [4.69, 9.17) is 9.84 Å². The summed E-state index contributed by atoms with van der Waals surface area (Å²) in [4.78, 5) is 13.0. The maximum absolute atomic E-state index is 11.7. The molecule has 0 aromatic carbocycles. The molecule has 15 heavy (non-hydrogen) atoms. The number of hydrogen-bond acceptors (Lipinski definition) is 4. The van der Waals surface area contributed by atoms with Crippen molar-refractivity contribution in [2.45, 2.75) is 44.9 Å². The molecule has 2 atom stereocenters. The van der Waals surface area contributed by atoms with Crippen LogP contribution in [0.1, 0.15) is 27.2 Å². The lowest BCUT2D eigenvalue weighted by molar-refractivity contribution is 0.0162. The molecule has 1 fully saturated rings. The summed E-state index contributed by atoms with van der Waals surface area (Å²) in [6, 6.07) is -0.324. The van der Waals surface area contributed by atoms with E-state index in [1.807, 2.05) is 0 Å². The van der Waals surface area contributed by atoms with Gasteiger partial charge in [-0.25, -0.2) is 4.79 Å². The Morgan fingerprint density at radius 1 is 1.53 bits per heavy atom. The van der Waals surface area contributed by atoms with Crippen molar-refractivity contribution in [3.63, 3.8) is 0 Å². The standard InChI is InChI=1S/C10H19NO4/c1-10(2,3)15-9(14)11-5-8(13)4-7(11)6-12/h7-8,12-13H,4-6H2,1-3H3/t7-,8+/m1/s1. The van der Waals surface area contributed by atoms with Gasteiger partial charge < -0.3 is 19.8 Å². The van der Waals surface area contributed by atoms with Gasteiger partial charge in [0.05, 0.1) is 25.3 Å². The van der Waals surface area contributed by atoms with Gasteiger partial charge in [0.15, 0.2) is 0 Å². The first-order valence-corrected chi connectivity index (χ1v) is 5.12. The van der Waals surface area contributed by atoms with Crippen LogP contribution < -0.4 is 0 Å². The van der Waals surface area contributed by atoms with Gasteiger partial charge in [0.2, 0.25) is 0 Å². The Kier molecular flexibility index (Phi) is 3.57. The van der Waals surface area contributed by atoms with E-state index >= 15 is 0 Å². The van der Waals surface area contributed by atoms with Crippen LogP contribution in [0.25, 0.3) is 0 Å². The highest BCUT2D eigenvalue weighted by Crippen LogP contribution is 2.20. The quantitative estimate of drug-likeness (QED) is 0.665. The summed E-state index contributed by atoms with van der Waals surface area (Å²) in [6.45, 7) is 5.44. The Morgan fingerprint density at radius 2 is 2.13 bits per heavy atom. The number of likely N-dealkylation sites (tertiary alicyclic amines) is 1. The Labute approximate surface area is 89.6 Å². The number of hydrogen-bond donors (Lipinski definition) is 2. The molecule has 1 saturated heterocycles. The normalized spacial score (nSPS) is 26.9. The molecule has 5 heteroatoms. The zero-order valence-corrected chi connectivity index (χ0v) is 9.43. The molecule has 0 aromatic heterocycles. The van der Waals surface area contributed by atoms with Gasteiger partial charge in [-0.15, -0.1) is 0 Å². The van der Waals surface area contributed by atoms with Crippen LogP contribution in [-0.4, -0.2) is 52.1 Å². The summed E-state index contributed by atoms with van der Waals surface area (Å²) in [6.07, 6.45) is -0.622. The molecular formula is C10H19NO4. The number of ether oxygens (including phenoxy) is 1. The number of aliphatic hydroxyl groups excluding tert-OH is 2. The van der Waals surface area contributed by atoms with Crippen molar-refractivity contribution in [2.24, 2.45) is 0 Å². The number of carbonyl (C=O) groups excluding carboxylic acids is 1. The van der Waals surface area contributed by atoms with Gasteiger partial charge in [-0.05, 0) is 27.2 Å². The molecule has 1 rings (SSSR count). The van der Waals surface area contributed by atoms with E-state index in [2.05, 4.69) is 0 Å². The van der Waals surface area contributed by atoms with Crippen LogP contribution in [0.5, 0.6) is 0 Å². The van der Waals surface area contributed by atoms with Crippen LogP contribution in [0.15, 0.2) is 0 Å². The molecule has 0 saturated carbocycles. The van der Waals surface area contributed by atoms with E-state index in [1.165, 1.54) is 4.90 Å². The fraction of sp³-hybridized carbons (Fsp3) is 0.900. The topological polar surface area (TPSA) is 70.0 Å². The Bertz CT molecular complexity index is 236. The maximum Gasteiger partial charge on any atom is 0.410 e. The monoisotopic (exact) mass is 217 g/mol. The first-order valence-electron chi connectivity index (χ1n) is 5.12. The third kappa shape index (κ3) is 3.35. The second kappa shape index (κ2) is 4.37. The smallest absolute Gasteiger partial charge is 0.410 e. The van der Waals surface area contributed by atoms with E-state index < -0.39 is 17.8 Å². The third-order valence-electron chi connectivity index (χ3n) is 2.23. The van der Waals surface area contributed by atoms with Crippen LogP contribution in [-0.2, 0) is 4.74 Å². The molecule has 1 aliphatic heterocycles. The number of β-amino-alcohol motifs (C(OH)–C–C–N with tert-alkyl or cyclic N) is 1. The molecule has 0 bridgehead atoms. The molecule has 0 spiro atoms. The minimum absolute atomic E-state index is 0.143. The minimum Gasteiger partial charge on any atom is -0.444 e. The second-order valence-electron chi connectivity index (χ2n) is 4.86. The minimum atomic E-state index is -0.560. The first kappa shape index (κ1) is 12.3. The highest BCUT2D eigenvalue weighted by atomic mass is 16.6. The second-order valence-corrected chi connectivity index (χ2v) is 4.86. The number of nitrogens with zero attached hydrogens (tertiary/aromatic N) is 1. The Morgan fingerprint density at radius 3 is 2.60 bits per heavy atom. The summed E-state index contributed by atoms with van der Waals surface area (Å²) in [5.74, 6) is 0. The predicted molar refractivity (Wildman–Crippen MR) is 54.4 cm³/mol.